The van der Waals surface area contributed by atoms with E-state index in [1.54, 1.807) is 7.05 Å². The first-order chi connectivity index (χ1) is 4.09. The molecule has 0 heterocycles. The highest BCUT2D eigenvalue weighted by Crippen LogP contribution is 1.88. The summed E-state index contributed by atoms with van der Waals surface area (Å²) in [4.78, 5) is 12.0. The first-order valence-corrected chi connectivity index (χ1v) is 2.43. The van der Waals surface area contributed by atoms with E-state index in [4.69, 9.17) is 5.73 Å². The number of rotatable bonds is 2. The average Bonchev–Trinajstić information content (AvgIpc) is 1.84. The molecule has 2 N–H and O–H groups in total. The molecule has 3 nitrogen and oxygen atoms in total. The van der Waals surface area contributed by atoms with Crippen molar-refractivity contribution in [3.8, 4) is 0 Å². The van der Waals surface area contributed by atoms with Crippen molar-refractivity contribution in [1.29, 1.82) is 0 Å². The maximum atomic E-state index is 10.7. The van der Waals surface area contributed by atoms with Gasteiger partial charge in [-0.05, 0) is 6.20 Å². The van der Waals surface area contributed by atoms with Gasteiger partial charge in [-0.3, -0.25) is 4.79 Å². The largest absolute Gasteiger partial charge is 0.395 e. The first-order valence-electron chi connectivity index (χ1n) is 2.43. The highest BCUT2D eigenvalue weighted by Gasteiger charge is 2.04. The van der Waals surface area contributed by atoms with Gasteiger partial charge in [0.25, 0.3) is 5.91 Å². The molecule has 0 fully saturated rings. The number of hydrogen-bond acceptors (Lipinski definition) is 2. The molecule has 0 saturated heterocycles. The Morgan fingerprint density at radius 2 is 2.22 bits per heavy atom. The number of carbonyl (C=O) groups excluding carboxylic acids is 1. The van der Waals surface area contributed by atoms with Crippen molar-refractivity contribution >= 4 is 5.91 Å². The first kappa shape index (κ1) is 7.75. The van der Waals surface area contributed by atoms with Gasteiger partial charge in [0, 0.05) is 7.05 Å². The maximum Gasteiger partial charge on any atom is 0.272 e. The van der Waals surface area contributed by atoms with Gasteiger partial charge in [0.1, 0.15) is 0 Å². The van der Waals surface area contributed by atoms with Crippen molar-refractivity contribution in [1.82, 2.24) is 4.90 Å². The molecule has 9 heavy (non-hydrogen) atoms. The van der Waals surface area contributed by atoms with E-state index in [0.717, 1.165) is 0 Å². The van der Waals surface area contributed by atoms with Gasteiger partial charge in [0.15, 0.2) is 0 Å². The topological polar surface area (TPSA) is 46.3 Å². The number of nitrogens with two attached hydrogens (primary N) is 1. The molecule has 0 aliphatic carbocycles. The lowest BCUT2D eigenvalue weighted by molar-refractivity contribution is -0.123. The predicted octanol–water partition coefficient (Wildman–Crippen LogP) is 0.0607. The molecular weight excluding hydrogens is 116 g/mol. The van der Waals surface area contributed by atoms with Gasteiger partial charge in [-0.15, -0.1) is 0 Å². The normalized spacial score (nSPS) is 8.11. The molecule has 0 rings (SSSR count). The van der Waals surface area contributed by atoms with Gasteiger partial charge in [-0.2, -0.15) is 0 Å². The van der Waals surface area contributed by atoms with Crippen LogP contribution >= 0.6 is 0 Å². The van der Waals surface area contributed by atoms with Gasteiger partial charge in [0.05, 0.1) is 5.70 Å². The minimum Gasteiger partial charge on any atom is -0.395 e. The summed E-state index contributed by atoms with van der Waals surface area (Å²) in [6.45, 7) is 6.64. The third-order valence-corrected chi connectivity index (χ3v) is 0.869. The van der Waals surface area contributed by atoms with Gasteiger partial charge in [0.2, 0.25) is 0 Å². The van der Waals surface area contributed by atoms with Crippen LogP contribution in [0.5, 0.6) is 0 Å². The molecule has 0 saturated carbocycles. The van der Waals surface area contributed by atoms with Crippen LogP contribution < -0.4 is 5.73 Å². The number of nitrogens with zero attached hydrogens (tertiary/aromatic N) is 1. The smallest absolute Gasteiger partial charge is 0.272 e. The standard InChI is InChI=1S/C6H10N2O/c1-4-8(3)6(9)5(2)7/h4H,1-2,7H2,3H3. The van der Waals surface area contributed by atoms with Gasteiger partial charge < -0.3 is 10.6 Å². The number of carbonyl (C=O) groups is 1. The fourth-order valence-corrected chi connectivity index (χ4v) is 0.309. The van der Waals surface area contributed by atoms with Gasteiger partial charge >= 0.3 is 0 Å². The van der Waals surface area contributed by atoms with Gasteiger partial charge in [-0.25, -0.2) is 0 Å². The fraction of sp³-hybridized carbons (Fsp3) is 0.167. The van der Waals surface area contributed by atoms with E-state index >= 15 is 0 Å². The summed E-state index contributed by atoms with van der Waals surface area (Å²) >= 11 is 0. The minimum atomic E-state index is -0.315. The summed E-state index contributed by atoms with van der Waals surface area (Å²) < 4.78 is 0. The molecule has 0 aromatic rings. The molecule has 0 spiro atoms. The number of hydrogen-bond donors (Lipinski definition) is 1. The number of amides is 1. The summed E-state index contributed by atoms with van der Waals surface area (Å²) in [6, 6.07) is 0. The lowest BCUT2D eigenvalue weighted by Crippen LogP contribution is -2.25. The molecule has 0 bridgehead atoms. The summed E-state index contributed by atoms with van der Waals surface area (Å²) in [6.07, 6.45) is 1.38. The van der Waals surface area contributed by atoms with Crippen molar-refractivity contribution in [2.75, 3.05) is 7.05 Å². The molecule has 50 valence electrons. The quantitative estimate of drug-likeness (QED) is 0.532. The zero-order chi connectivity index (χ0) is 7.44. The lowest BCUT2D eigenvalue weighted by atomic mass is 10.4. The van der Waals surface area contributed by atoms with Crippen LogP contribution in [0.15, 0.2) is 25.1 Å². The molecule has 1 amide bonds. The molecule has 0 aliphatic heterocycles. The molecule has 0 unspecified atom stereocenters. The summed E-state index contributed by atoms with van der Waals surface area (Å²) in [7, 11) is 1.56. The molecular formula is C6H10N2O. The van der Waals surface area contributed by atoms with E-state index in [1.807, 2.05) is 0 Å². The molecule has 0 aromatic carbocycles. The fourth-order valence-electron chi connectivity index (χ4n) is 0.309. The SMILES string of the molecule is C=CN(C)C(=O)C(=C)N. The monoisotopic (exact) mass is 126 g/mol. The maximum absolute atomic E-state index is 10.7. The molecule has 0 atom stereocenters. The molecule has 0 aromatic heterocycles. The minimum absolute atomic E-state index is 0.0254. The third-order valence-electron chi connectivity index (χ3n) is 0.869. The highest BCUT2D eigenvalue weighted by molar-refractivity contribution is 5.92. The lowest BCUT2D eigenvalue weighted by Gasteiger charge is -2.09. The Bertz CT molecular complexity index is 151. The Morgan fingerprint density at radius 3 is 2.33 bits per heavy atom. The second-order valence-corrected chi connectivity index (χ2v) is 1.62. The third kappa shape index (κ3) is 1.99. The zero-order valence-electron chi connectivity index (χ0n) is 5.42. The Balaban J connectivity index is 4.03. The second kappa shape index (κ2) is 2.91. The van der Waals surface area contributed by atoms with Crippen molar-refractivity contribution < 1.29 is 4.79 Å². The summed E-state index contributed by atoms with van der Waals surface area (Å²) in [5.74, 6) is -0.315. The van der Waals surface area contributed by atoms with E-state index in [1.165, 1.54) is 11.1 Å². The van der Waals surface area contributed by atoms with Gasteiger partial charge in [-0.1, -0.05) is 13.2 Å². The van der Waals surface area contributed by atoms with E-state index < -0.39 is 0 Å². The van der Waals surface area contributed by atoms with Crippen LogP contribution in [0.2, 0.25) is 0 Å². The van der Waals surface area contributed by atoms with E-state index in [9.17, 15) is 4.79 Å². The number of likely N-dealkylation sites (N-methyl/N-ethyl adjacent to an activating group) is 1. The van der Waals surface area contributed by atoms with E-state index in [-0.39, 0.29) is 11.6 Å². The Morgan fingerprint density at radius 1 is 1.78 bits per heavy atom. The van der Waals surface area contributed by atoms with Crippen molar-refractivity contribution in [2.45, 2.75) is 0 Å². The zero-order valence-corrected chi connectivity index (χ0v) is 5.42. The van der Waals surface area contributed by atoms with Crippen LogP contribution in [0, 0.1) is 0 Å². The van der Waals surface area contributed by atoms with Crippen LogP contribution in [0.4, 0.5) is 0 Å². The summed E-state index contributed by atoms with van der Waals surface area (Å²) in [5, 5.41) is 0. The molecule has 0 radical (unpaired) electrons. The Kier molecular flexibility index (Phi) is 2.51. The predicted molar refractivity (Wildman–Crippen MR) is 36.3 cm³/mol. The van der Waals surface area contributed by atoms with Crippen molar-refractivity contribution in [2.24, 2.45) is 5.73 Å². The van der Waals surface area contributed by atoms with E-state index in [2.05, 4.69) is 13.2 Å². The Labute approximate surface area is 54.4 Å². The molecule has 0 aliphatic rings. The summed E-state index contributed by atoms with van der Waals surface area (Å²) in [5.41, 5.74) is 5.10. The van der Waals surface area contributed by atoms with Crippen molar-refractivity contribution in [3.05, 3.63) is 25.1 Å². The van der Waals surface area contributed by atoms with Crippen molar-refractivity contribution in [3.63, 3.8) is 0 Å². The highest BCUT2D eigenvalue weighted by atomic mass is 16.2. The molecule has 3 heteroatoms. The van der Waals surface area contributed by atoms with E-state index in [0.29, 0.717) is 0 Å². The van der Waals surface area contributed by atoms with Crippen LogP contribution in [-0.4, -0.2) is 17.9 Å². The Hall–Kier alpha value is -1.25. The van der Waals surface area contributed by atoms with Crippen LogP contribution in [-0.2, 0) is 4.79 Å². The average molecular weight is 126 g/mol. The second-order valence-electron chi connectivity index (χ2n) is 1.62. The van der Waals surface area contributed by atoms with Crippen LogP contribution in [0.1, 0.15) is 0 Å². The van der Waals surface area contributed by atoms with Crippen LogP contribution in [0.25, 0.3) is 0 Å². The van der Waals surface area contributed by atoms with Crippen LogP contribution in [0.3, 0.4) is 0 Å².